The SMILES string of the molecule is Cc1nn(CC(C)C)c2c1C(c1cnn3cccnc13)CC(=O)N2. The highest BCUT2D eigenvalue weighted by atomic mass is 16.1. The minimum Gasteiger partial charge on any atom is -0.311 e. The molecule has 0 fully saturated rings. The molecule has 1 unspecified atom stereocenters. The van der Waals surface area contributed by atoms with Crippen LogP contribution in [-0.2, 0) is 11.3 Å². The van der Waals surface area contributed by atoms with Crippen LogP contribution in [0.3, 0.4) is 0 Å². The van der Waals surface area contributed by atoms with E-state index in [0.717, 1.165) is 34.8 Å². The van der Waals surface area contributed by atoms with E-state index in [0.29, 0.717) is 12.3 Å². The molecule has 0 saturated carbocycles. The van der Waals surface area contributed by atoms with Crippen LogP contribution in [0.2, 0.25) is 0 Å². The molecule has 0 aliphatic carbocycles. The Morgan fingerprint density at radius 3 is 3.04 bits per heavy atom. The fourth-order valence-electron chi connectivity index (χ4n) is 3.45. The van der Waals surface area contributed by atoms with Crippen LogP contribution >= 0.6 is 0 Å². The van der Waals surface area contributed by atoms with E-state index in [1.807, 2.05) is 30.1 Å². The molecule has 0 spiro atoms. The van der Waals surface area contributed by atoms with Gasteiger partial charge >= 0.3 is 0 Å². The van der Waals surface area contributed by atoms with Gasteiger partial charge in [-0.05, 0) is 18.9 Å². The summed E-state index contributed by atoms with van der Waals surface area (Å²) in [6.45, 7) is 7.05. The second kappa shape index (κ2) is 5.43. The second-order valence-corrected chi connectivity index (χ2v) is 6.72. The maximum Gasteiger partial charge on any atom is 0.226 e. The van der Waals surface area contributed by atoms with E-state index in [9.17, 15) is 4.79 Å². The number of fused-ring (bicyclic) bond motifs is 2. The summed E-state index contributed by atoms with van der Waals surface area (Å²) in [6, 6.07) is 1.84. The first-order valence-corrected chi connectivity index (χ1v) is 8.20. The van der Waals surface area contributed by atoms with Crippen LogP contribution in [0.4, 0.5) is 5.82 Å². The van der Waals surface area contributed by atoms with Gasteiger partial charge in [0.15, 0.2) is 5.65 Å². The lowest BCUT2D eigenvalue weighted by Gasteiger charge is -2.23. The zero-order chi connectivity index (χ0) is 16.8. The maximum absolute atomic E-state index is 12.3. The number of carbonyl (C=O) groups is 1. The normalized spacial score (nSPS) is 17.3. The van der Waals surface area contributed by atoms with Gasteiger partial charge in [0.2, 0.25) is 5.91 Å². The number of aromatic nitrogens is 5. The van der Waals surface area contributed by atoms with Gasteiger partial charge in [-0.3, -0.25) is 4.79 Å². The predicted molar refractivity (Wildman–Crippen MR) is 89.9 cm³/mol. The third-order valence-corrected chi connectivity index (χ3v) is 4.39. The number of hydrogen-bond acceptors (Lipinski definition) is 4. The summed E-state index contributed by atoms with van der Waals surface area (Å²) in [5.74, 6) is 1.21. The van der Waals surface area contributed by atoms with E-state index in [-0.39, 0.29) is 11.8 Å². The smallest absolute Gasteiger partial charge is 0.226 e. The molecule has 1 amide bonds. The molecule has 4 heterocycles. The quantitative estimate of drug-likeness (QED) is 0.802. The molecule has 3 aromatic heterocycles. The van der Waals surface area contributed by atoms with Gasteiger partial charge in [0.1, 0.15) is 5.82 Å². The Morgan fingerprint density at radius 1 is 1.42 bits per heavy atom. The average molecular weight is 324 g/mol. The second-order valence-electron chi connectivity index (χ2n) is 6.72. The highest BCUT2D eigenvalue weighted by Crippen LogP contribution is 2.40. The van der Waals surface area contributed by atoms with Gasteiger partial charge in [0.05, 0.1) is 11.9 Å². The highest BCUT2D eigenvalue weighted by molar-refractivity contribution is 5.95. The molecule has 1 aliphatic heterocycles. The summed E-state index contributed by atoms with van der Waals surface area (Å²) in [5.41, 5.74) is 3.79. The molecule has 1 aliphatic rings. The van der Waals surface area contributed by atoms with Gasteiger partial charge in [-0.1, -0.05) is 13.8 Å². The first-order chi connectivity index (χ1) is 11.5. The molecule has 124 valence electrons. The Bertz CT molecular complexity index is 922. The molecular formula is C17H20N6O. The van der Waals surface area contributed by atoms with E-state index in [4.69, 9.17) is 0 Å². The van der Waals surface area contributed by atoms with Gasteiger partial charge in [0.25, 0.3) is 0 Å². The van der Waals surface area contributed by atoms with Crippen molar-refractivity contribution >= 4 is 17.4 Å². The molecule has 4 rings (SSSR count). The van der Waals surface area contributed by atoms with E-state index in [1.54, 1.807) is 10.7 Å². The zero-order valence-electron chi connectivity index (χ0n) is 14.0. The van der Waals surface area contributed by atoms with Crippen LogP contribution in [0.5, 0.6) is 0 Å². The van der Waals surface area contributed by atoms with Crippen molar-refractivity contribution in [1.29, 1.82) is 0 Å². The third kappa shape index (κ3) is 2.28. The Kier molecular flexibility index (Phi) is 3.37. The predicted octanol–water partition coefficient (Wildman–Crippen LogP) is 2.36. The number of nitrogens with one attached hydrogen (secondary N) is 1. The van der Waals surface area contributed by atoms with Crippen molar-refractivity contribution in [3.8, 4) is 0 Å². The topological polar surface area (TPSA) is 77.1 Å². The molecule has 0 radical (unpaired) electrons. The number of amides is 1. The van der Waals surface area contributed by atoms with E-state index in [1.165, 1.54) is 0 Å². The van der Waals surface area contributed by atoms with Crippen molar-refractivity contribution < 1.29 is 4.79 Å². The van der Waals surface area contributed by atoms with Crippen LogP contribution in [0.25, 0.3) is 5.65 Å². The summed E-state index contributed by atoms with van der Waals surface area (Å²) in [7, 11) is 0. The first kappa shape index (κ1) is 14.9. The van der Waals surface area contributed by atoms with Gasteiger partial charge < -0.3 is 5.32 Å². The van der Waals surface area contributed by atoms with Crippen molar-refractivity contribution in [3.63, 3.8) is 0 Å². The van der Waals surface area contributed by atoms with Crippen molar-refractivity contribution in [2.75, 3.05) is 5.32 Å². The summed E-state index contributed by atoms with van der Waals surface area (Å²) < 4.78 is 3.66. The maximum atomic E-state index is 12.3. The lowest BCUT2D eigenvalue weighted by atomic mass is 9.87. The Morgan fingerprint density at radius 2 is 2.25 bits per heavy atom. The zero-order valence-corrected chi connectivity index (χ0v) is 14.0. The third-order valence-electron chi connectivity index (χ3n) is 4.39. The molecule has 0 aromatic carbocycles. The van der Waals surface area contributed by atoms with Gasteiger partial charge in [0, 0.05) is 42.4 Å². The fourth-order valence-corrected chi connectivity index (χ4v) is 3.45. The monoisotopic (exact) mass is 324 g/mol. The van der Waals surface area contributed by atoms with Gasteiger partial charge in [-0.2, -0.15) is 10.2 Å². The Hall–Kier alpha value is -2.70. The molecule has 1 N–H and O–H groups in total. The number of hydrogen-bond donors (Lipinski definition) is 1. The van der Waals surface area contributed by atoms with Crippen LogP contribution in [-0.4, -0.2) is 30.3 Å². The molecule has 1 atom stereocenters. The Balaban J connectivity index is 1.87. The number of nitrogens with zero attached hydrogens (tertiary/aromatic N) is 5. The molecule has 0 saturated heterocycles. The molecule has 3 aromatic rings. The van der Waals surface area contributed by atoms with Crippen LogP contribution in [0.1, 0.15) is 43.0 Å². The minimum atomic E-state index is -0.0675. The average Bonchev–Trinajstić information content (AvgIpc) is 3.08. The van der Waals surface area contributed by atoms with Crippen LogP contribution in [0, 0.1) is 12.8 Å². The largest absolute Gasteiger partial charge is 0.311 e. The fraction of sp³-hybridized carbons (Fsp3) is 0.412. The standard InChI is InChI=1S/C17H20N6O/c1-10(2)9-23-17-15(11(3)21-23)12(7-14(24)20-17)13-8-19-22-6-4-5-18-16(13)22/h4-6,8,10,12H,7,9H2,1-3H3,(H,20,24). The van der Waals surface area contributed by atoms with Gasteiger partial charge in [-0.25, -0.2) is 14.2 Å². The molecule has 24 heavy (non-hydrogen) atoms. The van der Waals surface area contributed by atoms with Crippen molar-refractivity contribution in [2.45, 2.75) is 39.7 Å². The van der Waals surface area contributed by atoms with Crippen molar-refractivity contribution in [3.05, 3.63) is 41.5 Å². The summed E-state index contributed by atoms with van der Waals surface area (Å²) in [4.78, 5) is 16.8. The molecule has 7 heteroatoms. The molecule has 0 bridgehead atoms. The Labute approximate surface area is 139 Å². The summed E-state index contributed by atoms with van der Waals surface area (Å²) in [5, 5.41) is 12.0. The summed E-state index contributed by atoms with van der Waals surface area (Å²) >= 11 is 0. The van der Waals surface area contributed by atoms with E-state index in [2.05, 4.69) is 34.3 Å². The molecule has 7 nitrogen and oxygen atoms in total. The van der Waals surface area contributed by atoms with Crippen molar-refractivity contribution in [1.82, 2.24) is 24.4 Å². The van der Waals surface area contributed by atoms with Crippen molar-refractivity contribution in [2.24, 2.45) is 5.92 Å². The van der Waals surface area contributed by atoms with E-state index >= 15 is 0 Å². The lowest BCUT2D eigenvalue weighted by molar-refractivity contribution is -0.116. The highest BCUT2D eigenvalue weighted by Gasteiger charge is 2.34. The number of carbonyl (C=O) groups excluding carboxylic acids is 1. The van der Waals surface area contributed by atoms with Crippen LogP contribution < -0.4 is 5.32 Å². The first-order valence-electron chi connectivity index (χ1n) is 8.20. The van der Waals surface area contributed by atoms with E-state index < -0.39 is 0 Å². The number of rotatable bonds is 3. The minimum absolute atomic E-state index is 0.00712. The van der Waals surface area contributed by atoms with Gasteiger partial charge in [-0.15, -0.1) is 0 Å². The number of aryl methyl sites for hydroxylation is 1. The van der Waals surface area contributed by atoms with Crippen LogP contribution in [0.15, 0.2) is 24.7 Å². The number of anilines is 1. The summed E-state index contributed by atoms with van der Waals surface area (Å²) in [6.07, 6.45) is 5.82. The lowest BCUT2D eigenvalue weighted by Crippen LogP contribution is -2.25. The molecular weight excluding hydrogens is 304 g/mol.